The maximum atomic E-state index is 15.2. The van der Waals surface area contributed by atoms with Gasteiger partial charge in [0.1, 0.15) is 66.5 Å². The molecule has 1 unspecified atom stereocenters. The summed E-state index contributed by atoms with van der Waals surface area (Å²) < 4.78 is 0. The van der Waals surface area contributed by atoms with Gasteiger partial charge in [-0.25, -0.2) is 0 Å². The highest BCUT2D eigenvalue weighted by molar-refractivity contribution is 7.98. The molecule has 23 nitrogen and oxygen atoms in total. The Morgan fingerprint density at radius 1 is 0.443 bits per heavy atom. The van der Waals surface area contributed by atoms with Gasteiger partial charge in [0.2, 0.25) is 65.0 Å². The molecule has 1 aliphatic rings. The predicted molar refractivity (Wildman–Crippen MR) is 346 cm³/mol. The van der Waals surface area contributed by atoms with Crippen LogP contribution in [0.1, 0.15) is 156 Å². The van der Waals surface area contributed by atoms with Crippen LogP contribution in [-0.4, -0.2) is 238 Å². The van der Waals surface area contributed by atoms with E-state index in [-0.39, 0.29) is 61.5 Å². The van der Waals surface area contributed by atoms with Gasteiger partial charge in [0, 0.05) is 55.1 Å². The third kappa shape index (κ3) is 22.0. The molecule has 504 valence electrons. The maximum absolute atomic E-state index is 15.2. The van der Waals surface area contributed by atoms with Crippen molar-refractivity contribution in [3.05, 3.63) is 12.2 Å². The van der Waals surface area contributed by atoms with Gasteiger partial charge in [-0.05, 0) is 107 Å². The molecule has 0 aromatic carbocycles. The van der Waals surface area contributed by atoms with Gasteiger partial charge >= 0.3 is 0 Å². The van der Waals surface area contributed by atoms with Gasteiger partial charge in [0.05, 0.1) is 6.10 Å². The number of carbonyl (C=O) groups is 11. The fourth-order valence-electron chi connectivity index (χ4n) is 11.1. The molecule has 0 radical (unpaired) electrons. The van der Waals surface area contributed by atoms with E-state index in [1.807, 2.05) is 61.5 Å². The molecule has 0 aromatic rings. The van der Waals surface area contributed by atoms with Crippen LogP contribution in [0.2, 0.25) is 0 Å². The molecule has 0 bridgehead atoms. The Labute approximate surface area is 531 Å². The minimum absolute atomic E-state index is 0.0149. The molecule has 24 heteroatoms. The number of likely N-dealkylation sites (N-methyl/N-ethyl adjacent to an activating group) is 7. The van der Waals surface area contributed by atoms with Crippen LogP contribution in [0.15, 0.2) is 12.2 Å². The number of rotatable bonds is 17. The van der Waals surface area contributed by atoms with E-state index < -0.39 is 155 Å². The zero-order valence-corrected chi connectivity index (χ0v) is 58.9. The quantitative estimate of drug-likeness (QED) is 0.129. The van der Waals surface area contributed by atoms with Gasteiger partial charge in [0.15, 0.2) is 0 Å². The summed E-state index contributed by atoms with van der Waals surface area (Å²) in [5, 5.41) is 23.3. The van der Waals surface area contributed by atoms with E-state index in [0.29, 0.717) is 6.42 Å². The zero-order valence-electron chi connectivity index (χ0n) is 58.1. The Hall–Kier alpha value is -5.78. The number of allylic oxidation sites excluding steroid dienone is 2. The number of thioether (sulfide) groups is 1. The average molecular weight is 1260 g/mol. The first-order valence-corrected chi connectivity index (χ1v) is 32.9. The molecule has 88 heavy (non-hydrogen) atoms. The predicted octanol–water partition coefficient (Wildman–Crippen LogP) is 4.00. The lowest BCUT2D eigenvalue weighted by molar-refractivity contribution is -0.157. The molecule has 1 fully saturated rings. The normalized spacial score (nSPS) is 27.2. The summed E-state index contributed by atoms with van der Waals surface area (Å²) in [5.41, 5.74) is 0. The summed E-state index contributed by atoms with van der Waals surface area (Å²) in [6.45, 7) is 30.0. The van der Waals surface area contributed by atoms with Crippen molar-refractivity contribution in [1.29, 1.82) is 0 Å². The lowest BCUT2D eigenvalue weighted by atomic mass is 9.91. The number of hydrogen-bond donors (Lipinski definition) is 5. The average Bonchev–Trinajstić information content (AvgIpc) is 1.33. The van der Waals surface area contributed by atoms with Gasteiger partial charge in [-0.15, -0.1) is 0 Å². The van der Waals surface area contributed by atoms with Gasteiger partial charge in [-0.2, -0.15) is 11.8 Å². The number of hydrogen-bond acceptors (Lipinski definition) is 13. The topological polar surface area (TPSA) is 279 Å². The fourth-order valence-corrected chi connectivity index (χ4v) is 11.8. The first-order valence-electron chi connectivity index (χ1n) is 31.5. The third-order valence-electron chi connectivity index (χ3n) is 16.7. The molecule has 0 saturated carbocycles. The number of nitrogens with zero attached hydrogens (tertiary/aromatic N) is 7. The SMILES string of the molecule is C/C=C/C[C@@H](C)[C@@H](O)[C@@H]1C(=O)N[C@H](CC)C(=O)N(C)[C@H](CSC)C(=O)N(C)[C@@H](CC(C)C)C(=O)N[C@H](C(C)C)C(=O)N(C)C(CC(C)C)C(=O)N[C@H](C)C(=O)N[C@@H](C)C(=O)N(C)[C@H](CC(C)C)C(=O)N(C)[C@H](CC(C)C)C(=O)N(C)[C@H](C(C)C)C(=O)N1C. The van der Waals surface area contributed by atoms with E-state index in [1.165, 1.54) is 104 Å². The number of aliphatic hydroxyl groups is 1. The van der Waals surface area contributed by atoms with Crippen molar-refractivity contribution in [2.75, 3.05) is 61.3 Å². The van der Waals surface area contributed by atoms with E-state index in [1.54, 1.807) is 60.8 Å². The van der Waals surface area contributed by atoms with Crippen molar-refractivity contribution < 1.29 is 57.8 Å². The number of amides is 11. The van der Waals surface area contributed by atoms with Crippen LogP contribution in [-0.2, 0) is 52.7 Å². The minimum Gasteiger partial charge on any atom is -0.390 e. The Morgan fingerprint density at radius 2 is 0.830 bits per heavy atom. The summed E-state index contributed by atoms with van der Waals surface area (Å²) in [7, 11) is 10.0. The summed E-state index contributed by atoms with van der Waals surface area (Å²) in [6, 6.07) is -13.6. The van der Waals surface area contributed by atoms with E-state index in [0.717, 1.165) is 4.90 Å². The second-order valence-electron chi connectivity index (χ2n) is 26.8. The summed E-state index contributed by atoms with van der Waals surface area (Å²) in [4.78, 5) is 171. The molecule has 0 aliphatic carbocycles. The lowest BCUT2D eigenvalue weighted by Gasteiger charge is -2.41. The van der Waals surface area contributed by atoms with Gasteiger partial charge in [0.25, 0.3) is 0 Å². The van der Waals surface area contributed by atoms with Gasteiger partial charge < -0.3 is 60.7 Å². The number of aliphatic hydroxyl groups excluding tert-OH is 1. The molecule has 1 aliphatic heterocycles. The fraction of sp³-hybridized carbons (Fsp3) is 0.797. The van der Waals surface area contributed by atoms with Crippen molar-refractivity contribution in [2.24, 2.45) is 41.4 Å². The zero-order chi connectivity index (χ0) is 68.3. The van der Waals surface area contributed by atoms with E-state index in [9.17, 15) is 38.7 Å². The van der Waals surface area contributed by atoms with Crippen LogP contribution in [0.4, 0.5) is 0 Å². The van der Waals surface area contributed by atoms with Crippen molar-refractivity contribution in [2.45, 2.75) is 229 Å². The second-order valence-corrected chi connectivity index (χ2v) is 27.7. The molecular formula is C64H115N11O12S. The molecule has 1 saturated heterocycles. The third-order valence-corrected chi connectivity index (χ3v) is 17.4. The second kappa shape index (κ2) is 36.8. The molecule has 5 N–H and O–H groups in total. The molecular weight excluding hydrogens is 1150 g/mol. The molecule has 1 rings (SSSR count). The summed E-state index contributed by atoms with van der Waals surface area (Å²) in [6.07, 6.45) is 4.77. The van der Waals surface area contributed by atoms with Crippen LogP contribution in [0.5, 0.6) is 0 Å². The number of carbonyl (C=O) groups excluding carboxylic acids is 11. The van der Waals surface area contributed by atoms with Crippen LogP contribution in [0.3, 0.4) is 0 Å². The Morgan fingerprint density at radius 3 is 1.26 bits per heavy atom. The lowest BCUT2D eigenvalue weighted by Crippen LogP contribution is -2.64. The summed E-state index contributed by atoms with van der Waals surface area (Å²) >= 11 is 1.27. The molecule has 0 spiro atoms. The largest absolute Gasteiger partial charge is 0.390 e. The molecule has 0 aromatic heterocycles. The first kappa shape index (κ1) is 80.2. The molecule has 11 amide bonds. The van der Waals surface area contributed by atoms with Gasteiger partial charge in [-0.3, -0.25) is 52.7 Å². The standard InChI is InChI=1S/C64H115N11O12S/c1-26-28-29-41(15)53(76)52-57(80)67-44(27-2)59(82)73(22)49(34-88-25)62(85)69(18)46(31-36(5)6)56(79)68-50(39(11)12)63(86)70(19)45(30-35(3)4)55(78)65-42(16)54(77)66-43(17)58(81)71(20)47(32-37(7)8)60(83)72(21)48(33-38(9)10)61(84)74(23)51(40(13)14)64(87)75(52)24/h26,28,35-53,76H,27,29-34H2,1-25H3,(H,65,78)(H,66,77)(H,67,80)(H,68,79)/b28-26+/t41-,42-,43+,44-,45?,46+,47-,48-,49-,50-,51-,52-,53-/m1/s1. The van der Waals surface area contributed by atoms with E-state index in [4.69, 9.17) is 0 Å². The van der Waals surface area contributed by atoms with Crippen LogP contribution in [0.25, 0.3) is 0 Å². The van der Waals surface area contributed by atoms with Crippen LogP contribution >= 0.6 is 11.8 Å². The monoisotopic (exact) mass is 1260 g/mol. The van der Waals surface area contributed by atoms with E-state index >= 15 is 19.2 Å². The van der Waals surface area contributed by atoms with Crippen molar-refractivity contribution in [1.82, 2.24) is 55.6 Å². The van der Waals surface area contributed by atoms with Crippen molar-refractivity contribution in [3.63, 3.8) is 0 Å². The van der Waals surface area contributed by atoms with Crippen molar-refractivity contribution >= 4 is 76.7 Å². The number of nitrogens with one attached hydrogen (secondary N) is 4. The summed E-state index contributed by atoms with van der Waals surface area (Å²) in [5.74, 6) is -9.63. The maximum Gasteiger partial charge on any atom is 0.246 e. The highest BCUT2D eigenvalue weighted by Gasteiger charge is 2.46. The highest BCUT2D eigenvalue weighted by Crippen LogP contribution is 2.26. The minimum atomic E-state index is -1.62. The first-order chi connectivity index (χ1) is 40.7. The smallest absolute Gasteiger partial charge is 0.246 e. The van der Waals surface area contributed by atoms with Crippen LogP contribution in [0, 0.1) is 41.4 Å². The van der Waals surface area contributed by atoms with Crippen LogP contribution < -0.4 is 21.3 Å². The van der Waals surface area contributed by atoms with E-state index in [2.05, 4.69) is 21.3 Å². The Balaban J connectivity index is 4.45. The van der Waals surface area contributed by atoms with Crippen molar-refractivity contribution in [3.8, 4) is 0 Å². The Kier molecular flexibility index (Phi) is 33.5. The highest BCUT2D eigenvalue weighted by atomic mass is 32.2. The molecule has 1 heterocycles. The Bertz CT molecular complexity index is 2400. The van der Waals surface area contributed by atoms with Gasteiger partial charge in [-0.1, -0.05) is 109 Å². The molecule has 13 atom stereocenters.